The van der Waals surface area contributed by atoms with E-state index in [2.05, 4.69) is 71.2 Å². The van der Waals surface area contributed by atoms with E-state index < -0.39 is 0 Å². The van der Waals surface area contributed by atoms with Gasteiger partial charge in [0.15, 0.2) is 5.96 Å². The molecule has 1 aromatic rings. The quantitative estimate of drug-likeness (QED) is 0.633. The molecule has 2 aliphatic heterocycles. The van der Waals surface area contributed by atoms with Crippen molar-refractivity contribution in [3.63, 3.8) is 0 Å². The summed E-state index contributed by atoms with van der Waals surface area (Å²) in [6.45, 7) is 11.0. The lowest BCUT2D eigenvalue weighted by Gasteiger charge is -2.44. The zero-order valence-corrected chi connectivity index (χ0v) is 18.3. The Hall–Kier alpha value is -1.79. The monoisotopic (exact) mass is 387 g/mol. The molecule has 3 rings (SSSR count). The molecule has 2 aliphatic rings. The lowest BCUT2D eigenvalue weighted by atomic mass is 9.88. The zero-order valence-electron chi connectivity index (χ0n) is 18.3. The first kappa shape index (κ1) is 20.9. The van der Waals surface area contributed by atoms with Crippen LogP contribution in [0.4, 0.5) is 5.69 Å². The molecule has 0 aliphatic carbocycles. The van der Waals surface area contributed by atoms with Gasteiger partial charge in [-0.2, -0.15) is 0 Å². The van der Waals surface area contributed by atoms with Crippen LogP contribution in [0.25, 0.3) is 0 Å². The largest absolute Gasteiger partial charge is 0.381 e. The number of hydrogen-bond donors (Lipinski definition) is 1. The molecule has 0 amide bonds. The Labute approximate surface area is 170 Å². The maximum atomic E-state index is 5.60. The van der Waals surface area contributed by atoms with Gasteiger partial charge in [0.05, 0.1) is 0 Å². The van der Waals surface area contributed by atoms with Crippen molar-refractivity contribution in [2.45, 2.75) is 32.2 Å². The zero-order chi connectivity index (χ0) is 20.1. The summed E-state index contributed by atoms with van der Waals surface area (Å²) in [5.74, 6) is 1.02. The van der Waals surface area contributed by atoms with E-state index >= 15 is 0 Å². The van der Waals surface area contributed by atoms with Crippen LogP contribution in [0.3, 0.4) is 0 Å². The first-order valence-corrected chi connectivity index (χ1v) is 10.5. The van der Waals surface area contributed by atoms with Crippen LogP contribution in [0, 0.1) is 13.8 Å². The van der Waals surface area contributed by atoms with Gasteiger partial charge in [-0.15, -0.1) is 0 Å². The number of guanidine groups is 1. The highest BCUT2D eigenvalue weighted by atomic mass is 16.5. The number of aryl methyl sites for hydroxylation is 1. The Morgan fingerprint density at radius 3 is 2.43 bits per heavy atom. The van der Waals surface area contributed by atoms with Crippen LogP contribution in [-0.4, -0.2) is 88.4 Å². The molecule has 156 valence electrons. The molecule has 0 saturated carbocycles. The first-order chi connectivity index (χ1) is 13.5. The minimum atomic E-state index is 0.148. The van der Waals surface area contributed by atoms with Crippen LogP contribution >= 0.6 is 0 Å². The standard InChI is InChI=1S/C22H37N5O/c1-18-7-6-8-20(19(18)2)26-11-13-27(14-12-26)21(23-3)24-17-22(25(4)5)9-15-28-16-10-22/h6-8H,9-17H2,1-5H3,(H,23,24). The molecular formula is C22H37N5O. The molecule has 0 bridgehead atoms. The highest BCUT2D eigenvalue weighted by molar-refractivity contribution is 5.80. The molecule has 6 nitrogen and oxygen atoms in total. The van der Waals surface area contributed by atoms with E-state index in [1.54, 1.807) is 0 Å². The van der Waals surface area contributed by atoms with Crippen LogP contribution in [0.1, 0.15) is 24.0 Å². The van der Waals surface area contributed by atoms with Crippen LogP contribution in [-0.2, 0) is 4.74 Å². The van der Waals surface area contributed by atoms with Crippen molar-refractivity contribution in [2.75, 3.05) is 72.0 Å². The van der Waals surface area contributed by atoms with Gasteiger partial charge in [0.25, 0.3) is 0 Å². The van der Waals surface area contributed by atoms with Crippen molar-refractivity contribution >= 4 is 11.6 Å². The molecule has 2 saturated heterocycles. The smallest absolute Gasteiger partial charge is 0.193 e. The van der Waals surface area contributed by atoms with Gasteiger partial charge in [-0.1, -0.05) is 12.1 Å². The van der Waals surface area contributed by atoms with Gasteiger partial charge in [0, 0.05) is 64.2 Å². The van der Waals surface area contributed by atoms with Crippen molar-refractivity contribution in [1.82, 2.24) is 15.1 Å². The van der Waals surface area contributed by atoms with E-state index in [0.717, 1.165) is 64.7 Å². The Kier molecular flexibility index (Phi) is 6.83. The maximum absolute atomic E-state index is 5.60. The fraction of sp³-hybridized carbons (Fsp3) is 0.682. The number of anilines is 1. The van der Waals surface area contributed by atoms with Crippen molar-refractivity contribution in [1.29, 1.82) is 0 Å². The lowest BCUT2D eigenvalue weighted by molar-refractivity contribution is -0.00526. The fourth-order valence-electron chi connectivity index (χ4n) is 4.35. The molecule has 6 heteroatoms. The third-order valence-corrected chi connectivity index (χ3v) is 6.66. The second-order valence-corrected chi connectivity index (χ2v) is 8.33. The van der Waals surface area contributed by atoms with Gasteiger partial charge < -0.3 is 24.8 Å². The number of benzene rings is 1. The first-order valence-electron chi connectivity index (χ1n) is 10.5. The summed E-state index contributed by atoms with van der Waals surface area (Å²) < 4.78 is 5.60. The van der Waals surface area contributed by atoms with E-state index in [4.69, 9.17) is 4.74 Å². The van der Waals surface area contributed by atoms with Gasteiger partial charge in [0.1, 0.15) is 0 Å². The second-order valence-electron chi connectivity index (χ2n) is 8.33. The summed E-state index contributed by atoms with van der Waals surface area (Å²) in [6, 6.07) is 6.61. The molecule has 0 atom stereocenters. The van der Waals surface area contributed by atoms with Crippen LogP contribution in [0.2, 0.25) is 0 Å². The molecule has 0 radical (unpaired) electrons. The highest BCUT2D eigenvalue weighted by Crippen LogP contribution is 2.26. The molecular weight excluding hydrogens is 350 g/mol. The minimum Gasteiger partial charge on any atom is -0.381 e. The van der Waals surface area contributed by atoms with Gasteiger partial charge in [0.2, 0.25) is 0 Å². The number of hydrogen-bond acceptors (Lipinski definition) is 4. The van der Waals surface area contributed by atoms with Crippen LogP contribution < -0.4 is 10.2 Å². The maximum Gasteiger partial charge on any atom is 0.193 e. The summed E-state index contributed by atoms with van der Waals surface area (Å²) >= 11 is 0. The third-order valence-electron chi connectivity index (χ3n) is 6.66. The number of aliphatic imine (C=N–C) groups is 1. The highest BCUT2D eigenvalue weighted by Gasteiger charge is 2.35. The van der Waals surface area contributed by atoms with Gasteiger partial charge in [-0.25, -0.2) is 0 Å². The average Bonchev–Trinajstić information content (AvgIpc) is 2.72. The van der Waals surface area contributed by atoms with Crippen molar-refractivity contribution < 1.29 is 4.74 Å². The summed E-state index contributed by atoms with van der Waals surface area (Å²) in [5.41, 5.74) is 4.28. The summed E-state index contributed by atoms with van der Waals surface area (Å²) in [7, 11) is 6.25. The molecule has 0 aromatic heterocycles. The number of nitrogens with zero attached hydrogens (tertiary/aromatic N) is 4. The predicted molar refractivity (Wildman–Crippen MR) is 118 cm³/mol. The Morgan fingerprint density at radius 2 is 1.82 bits per heavy atom. The molecule has 0 spiro atoms. The number of nitrogens with one attached hydrogen (secondary N) is 1. The van der Waals surface area contributed by atoms with Gasteiger partial charge in [-0.3, -0.25) is 4.99 Å². The van der Waals surface area contributed by atoms with E-state index in [-0.39, 0.29) is 5.54 Å². The number of likely N-dealkylation sites (N-methyl/N-ethyl adjacent to an activating group) is 1. The number of ether oxygens (including phenoxy) is 1. The van der Waals surface area contributed by atoms with Crippen molar-refractivity contribution in [3.8, 4) is 0 Å². The van der Waals surface area contributed by atoms with Gasteiger partial charge >= 0.3 is 0 Å². The normalized spacial score (nSPS) is 20.6. The Balaban J connectivity index is 1.58. The van der Waals surface area contributed by atoms with E-state index in [9.17, 15) is 0 Å². The molecule has 2 heterocycles. The van der Waals surface area contributed by atoms with Crippen LogP contribution in [0.15, 0.2) is 23.2 Å². The topological polar surface area (TPSA) is 43.3 Å². The summed E-state index contributed by atoms with van der Waals surface area (Å²) in [5, 5.41) is 3.67. The third kappa shape index (κ3) is 4.44. The molecule has 1 aromatic carbocycles. The minimum absolute atomic E-state index is 0.148. The van der Waals surface area contributed by atoms with E-state index in [1.165, 1.54) is 16.8 Å². The fourth-order valence-corrected chi connectivity index (χ4v) is 4.35. The molecule has 0 unspecified atom stereocenters. The Bertz CT molecular complexity index is 674. The second kappa shape index (κ2) is 9.14. The molecule has 2 fully saturated rings. The van der Waals surface area contributed by atoms with Crippen molar-refractivity contribution in [2.24, 2.45) is 4.99 Å². The van der Waals surface area contributed by atoms with E-state index in [0.29, 0.717) is 0 Å². The average molecular weight is 388 g/mol. The van der Waals surface area contributed by atoms with E-state index in [1.807, 2.05) is 7.05 Å². The van der Waals surface area contributed by atoms with Crippen LogP contribution in [0.5, 0.6) is 0 Å². The lowest BCUT2D eigenvalue weighted by Crippen LogP contribution is -2.59. The number of rotatable bonds is 4. The molecule has 1 N–H and O–H groups in total. The number of piperazine rings is 1. The predicted octanol–water partition coefficient (Wildman–Crippen LogP) is 2.11. The SMILES string of the molecule is CN=C(NCC1(N(C)C)CCOCC1)N1CCN(c2cccc(C)c2C)CC1. The molecule has 28 heavy (non-hydrogen) atoms. The van der Waals surface area contributed by atoms with Crippen molar-refractivity contribution in [3.05, 3.63) is 29.3 Å². The summed E-state index contributed by atoms with van der Waals surface area (Å²) in [4.78, 5) is 11.8. The summed E-state index contributed by atoms with van der Waals surface area (Å²) in [6.07, 6.45) is 2.12. The van der Waals surface area contributed by atoms with Gasteiger partial charge in [-0.05, 0) is 58.0 Å². The Morgan fingerprint density at radius 1 is 1.14 bits per heavy atom.